The van der Waals surface area contributed by atoms with Gasteiger partial charge >= 0.3 is 0 Å². The molecule has 0 amide bonds. The monoisotopic (exact) mass is 241 g/mol. The van der Waals surface area contributed by atoms with Gasteiger partial charge in [-0.3, -0.25) is 5.43 Å². The van der Waals surface area contributed by atoms with Crippen LogP contribution in [0.3, 0.4) is 0 Å². The second-order valence-electron chi connectivity index (χ2n) is 3.55. The maximum Gasteiger partial charge on any atom is 0.240 e. The third-order valence-electron chi connectivity index (χ3n) is 2.17. The van der Waals surface area contributed by atoms with Crippen molar-refractivity contribution in [2.24, 2.45) is 5.84 Å². The quantitative estimate of drug-likeness (QED) is 0.627. The highest BCUT2D eigenvalue weighted by molar-refractivity contribution is 5.37. The molecular weight excluding hydrogens is 230 g/mol. The molecule has 1 heterocycles. The summed E-state index contributed by atoms with van der Waals surface area (Å²) in [6, 6.07) is 10.5. The van der Waals surface area contributed by atoms with Gasteiger partial charge in [0.05, 0.1) is 11.6 Å². The minimum Gasteiger partial charge on any atom is -0.439 e. The molecule has 2 aromatic rings. The van der Waals surface area contributed by atoms with Gasteiger partial charge in [-0.05, 0) is 31.2 Å². The predicted molar refractivity (Wildman–Crippen MR) is 65.8 cm³/mol. The number of nitriles is 1. The van der Waals surface area contributed by atoms with E-state index in [2.05, 4.69) is 15.4 Å². The Hall–Kier alpha value is -2.65. The lowest BCUT2D eigenvalue weighted by Crippen LogP contribution is -2.11. The highest BCUT2D eigenvalue weighted by Crippen LogP contribution is 2.21. The number of nitrogens with zero attached hydrogens (tertiary/aromatic N) is 3. The van der Waals surface area contributed by atoms with Crippen LogP contribution in [0.2, 0.25) is 0 Å². The molecule has 2 rings (SSSR count). The molecule has 0 saturated carbocycles. The number of anilines is 1. The smallest absolute Gasteiger partial charge is 0.240 e. The van der Waals surface area contributed by atoms with E-state index >= 15 is 0 Å². The predicted octanol–water partition coefficient (Wildman–Crippen LogP) is 1.73. The molecule has 0 aliphatic rings. The Labute approximate surface area is 104 Å². The van der Waals surface area contributed by atoms with Gasteiger partial charge in [0.25, 0.3) is 0 Å². The Bertz CT molecular complexity index is 588. The Kier molecular flexibility index (Phi) is 3.36. The van der Waals surface area contributed by atoms with Crippen molar-refractivity contribution in [3.63, 3.8) is 0 Å². The van der Waals surface area contributed by atoms with E-state index in [-0.39, 0.29) is 0 Å². The Morgan fingerprint density at radius 2 is 2.00 bits per heavy atom. The standard InChI is InChI=1S/C12H11N5O/c1-8-6-11(16-12(15-8)17-14)18-10-4-2-9(7-13)3-5-10/h2-6H,14H2,1H3,(H,15,16,17). The van der Waals surface area contributed by atoms with Gasteiger partial charge in [-0.15, -0.1) is 0 Å². The Morgan fingerprint density at radius 3 is 2.61 bits per heavy atom. The zero-order valence-electron chi connectivity index (χ0n) is 9.71. The van der Waals surface area contributed by atoms with Crippen LogP contribution in [-0.4, -0.2) is 9.97 Å². The number of nitrogens with two attached hydrogens (primary N) is 1. The van der Waals surface area contributed by atoms with Crippen LogP contribution >= 0.6 is 0 Å². The van der Waals surface area contributed by atoms with E-state index in [9.17, 15) is 0 Å². The normalized spacial score (nSPS) is 9.61. The lowest BCUT2D eigenvalue weighted by Gasteiger charge is -2.07. The number of hydrogen-bond donors (Lipinski definition) is 2. The van der Waals surface area contributed by atoms with Crippen LogP contribution in [0, 0.1) is 18.3 Å². The van der Waals surface area contributed by atoms with Gasteiger partial charge in [0.1, 0.15) is 5.75 Å². The zero-order valence-corrected chi connectivity index (χ0v) is 9.71. The molecule has 18 heavy (non-hydrogen) atoms. The molecule has 90 valence electrons. The topological polar surface area (TPSA) is 96.8 Å². The molecule has 0 radical (unpaired) electrons. The maximum absolute atomic E-state index is 8.69. The zero-order chi connectivity index (χ0) is 13.0. The van der Waals surface area contributed by atoms with Gasteiger partial charge in [-0.2, -0.15) is 10.2 Å². The number of nitrogens with one attached hydrogen (secondary N) is 1. The number of benzene rings is 1. The van der Waals surface area contributed by atoms with Crippen LogP contribution in [0.25, 0.3) is 0 Å². The molecule has 1 aromatic heterocycles. The Morgan fingerprint density at radius 1 is 1.28 bits per heavy atom. The van der Waals surface area contributed by atoms with Gasteiger partial charge in [-0.25, -0.2) is 10.8 Å². The first-order valence-corrected chi connectivity index (χ1v) is 5.21. The molecule has 6 heteroatoms. The number of rotatable bonds is 3. The number of ether oxygens (including phenoxy) is 1. The lowest BCUT2D eigenvalue weighted by molar-refractivity contribution is 0.461. The third kappa shape index (κ3) is 2.72. The summed E-state index contributed by atoms with van der Waals surface area (Å²) >= 11 is 0. The van der Waals surface area contributed by atoms with Crippen molar-refractivity contribution in [1.29, 1.82) is 5.26 Å². The van der Waals surface area contributed by atoms with Gasteiger partial charge in [0, 0.05) is 11.8 Å². The van der Waals surface area contributed by atoms with Crippen LogP contribution in [0.5, 0.6) is 11.6 Å². The number of nitrogen functional groups attached to an aromatic ring is 1. The van der Waals surface area contributed by atoms with E-state index in [1.54, 1.807) is 30.3 Å². The maximum atomic E-state index is 8.69. The van der Waals surface area contributed by atoms with Crippen molar-refractivity contribution in [3.8, 4) is 17.7 Å². The fourth-order valence-electron chi connectivity index (χ4n) is 1.37. The van der Waals surface area contributed by atoms with E-state index in [4.69, 9.17) is 15.8 Å². The summed E-state index contributed by atoms with van der Waals surface area (Å²) in [4.78, 5) is 8.11. The van der Waals surface area contributed by atoms with Crippen molar-refractivity contribution in [1.82, 2.24) is 9.97 Å². The van der Waals surface area contributed by atoms with Crippen LogP contribution in [0.15, 0.2) is 30.3 Å². The molecule has 0 aliphatic heterocycles. The lowest BCUT2D eigenvalue weighted by atomic mass is 10.2. The average molecular weight is 241 g/mol. The molecule has 0 bridgehead atoms. The fourth-order valence-corrected chi connectivity index (χ4v) is 1.37. The van der Waals surface area contributed by atoms with Crippen LogP contribution in [-0.2, 0) is 0 Å². The highest BCUT2D eigenvalue weighted by atomic mass is 16.5. The fraction of sp³-hybridized carbons (Fsp3) is 0.0833. The molecule has 1 aromatic carbocycles. The summed E-state index contributed by atoms with van der Waals surface area (Å²) in [7, 11) is 0. The van der Waals surface area contributed by atoms with Gasteiger partial charge < -0.3 is 4.74 Å². The van der Waals surface area contributed by atoms with Crippen LogP contribution < -0.4 is 16.0 Å². The van der Waals surface area contributed by atoms with Crippen molar-refractivity contribution in [2.45, 2.75) is 6.92 Å². The number of aromatic nitrogens is 2. The average Bonchev–Trinajstić information content (AvgIpc) is 2.39. The van der Waals surface area contributed by atoms with E-state index < -0.39 is 0 Å². The molecule has 0 unspecified atom stereocenters. The van der Waals surface area contributed by atoms with Gasteiger partial charge in [-0.1, -0.05) is 0 Å². The largest absolute Gasteiger partial charge is 0.439 e. The van der Waals surface area contributed by atoms with E-state index in [0.29, 0.717) is 23.1 Å². The molecule has 0 atom stereocenters. The van der Waals surface area contributed by atoms with Crippen molar-refractivity contribution in [3.05, 3.63) is 41.6 Å². The summed E-state index contributed by atoms with van der Waals surface area (Å²) in [5.74, 6) is 6.52. The second-order valence-corrected chi connectivity index (χ2v) is 3.55. The van der Waals surface area contributed by atoms with Gasteiger partial charge in [0.15, 0.2) is 0 Å². The summed E-state index contributed by atoms with van der Waals surface area (Å²) in [6.45, 7) is 1.81. The summed E-state index contributed by atoms with van der Waals surface area (Å²) in [5.41, 5.74) is 3.68. The van der Waals surface area contributed by atoms with Crippen LogP contribution in [0.4, 0.5) is 5.95 Å². The summed E-state index contributed by atoms with van der Waals surface area (Å²) in [6.07, 6.45) is 0. The molecule has 0 spiro atoms. The molecule has 6 nitrogen and oxygen atoms in total. The first kappa shape index (κ1) is 11.8. The summed E-state index contributed by atoms with van der Waals surface area (Å²) in [5, 5.41) is 8.69. The van der Waals surface area contributed by atoms with Crippen molar-refractivity contribution in [2.75, 3.05) is 5.43 Å². The van der Waals surface area contributed by atoms with Crippen LogP contribution in [0.1, 0.15) is 11.3 Å². The number of hydrogen-bond acceptors (Lipinski definition) is 6. The molecule has 0 fully saturated rings. The summed E-state index contributed by atoms with van der Waals surface area (Å²) < 4.78 is 5.55. The SMILES string of the molecule is Cc1cc(Oc2ccc(C#N)cc2)nc(NN)n1. The molecule has 0 aliphatic carbocycles. The first-order valence-electron chi connectivity index (χ1n) is 5.21. The third-order valence-corrected chi connectivity index (χ3v) is 2.17. The Balaban J connectivity index is 2.22. The van der Waals surface area contributed by atoms with E-state index in [1.807, 2.05) is 13.0 Å². The van der Waals surface area contributed by atoms with E-state index in [1.165, 1.54) is 0 Å². The molecule has 0 saturated heterocycles. The number of hydrazine groups is 1. The van der Waals surface area contributed by atoms with E-state index in [0.717, 1.165) is 5.69 Å². The second kappa shape index (κ2) is 5.12. The minimum atomic E-state index is 0.290. The first-order chi connectivity index (χ1) is 8.71. The van der Waals surface area contributed by atoms with Gasteiger partial charge in [0.2, 0.25) is 11.8 Å². The minimum absolute atomic E-state index is 0.290. The highest BCUT2D eigenvalue weighted by Gasteiger charge is 2.03. The molecular formula is C12H11N5O. The number of aryl methyl sites for hydroxylation is 1. The van der Waals surface area contributed by atoms with Crippen molar-refractivity contribution >= 4 is 5.95 Å². The molecule has 3 N–H and O–H groups in total. The van der Waals surface area contributed by atoms with Crippen molar-refractivity contribution < 1.29 is 4.74 Å².